The lowest BCUT2D eigenvalue weighted by atomic mass is 9.62. The van der Waals surface area contributed by atoms with Crippen molar-refractivity contribution in [1.82, 2.24) is 4.57 Å². The first-order valence-electron chi connectivity index (χ1n) is 16.7. The molecule has 5 nitrogen and oxygen atoms in total. The van der Waals surface area contributed by atoms with Gasteiger partial charge in [-0.2, -0.15) is 10.5 Å². The number of anilines is 3. The lowest BCUT2D eigenvalue weighted by Crippen LogP contribution is -2.37. The van der Waals surface area contributed by atoms with Gasteiger partial charge in [0.2, 0.25) is 0 Å². The molecule has 0 fully saturated rings. The molecule has 1 aliphatic heterocycles. The zero-order chi connectivity index (χ0) is 34.5. The average Bonchev–Trinajstić information content (AvgIpc) is 3.53. The molecular formula is C46H27N5. The van der Waals surface area contributed by atoms with Crippen LogP contribution in [-0.4, -0.2) is 4.57 Å². The van der Waals surface area contributed by atoms with Crippen LogP contribution in [0.2, 0.25) is 0 Å². The summed E-state index contributed by atoms with van der Waals surface area (Å²) in [5, 5.41) is 21.5. The Labute approximate surface area is 295 Å². The molecule has 0 aliphatic carbocycles. The van der Waals surface area contributed by atoms with Gasteiger partial charge in [-0.1, -0.05) is 91.0 Å². The van der Waals surface area contributed by atoms with Gasteiger partial charge in [0.15, 0.2) is 5.69 Å². The first-order chi connectivity index (χ1) is 25.1. The van der Waals surface area contributed by atoms with Crippen molar-refractivity contribution in [3.05, 3.63) is 209 Å². The van der Waals surface area contributed by atoms with Crippen molar-refractivity contribution in [2.45, 2.75) is 5.41 Å². The molecular weight excluding hydrogens is 623 g/mol. The molecule has 51 heavy (non-hydrogen) atoms. The molecule has 0 saturated heterocycles. The largest absolute Gasteiger partial charge is 0.310 e. The van der Waals surface area contributed by atoms with E-state index in [4.69, 9.17) is 6.57 Å². The number of benzene rings is 7. The minimum absolute atomic E-state index is 0.597. The predicted molar refractivity (Wildman–Crippen MR) is 203 cm³/mol. The third kappa shape index (κ3) is 4.38. The van der Waals surface area contributed by atoms with E-state index in [2.05, 4.69) is 142 Å². The van der Waals surface area contributed by atoms with E-state index in [9.17, 15) is 10.5 Å². The highest BCUT2D eigenvalue weighted by Crippen LogP contribution is 2.57. The van der Waals surface area contributed by atoms with Crippen molar-refractivity contribution in [2.24, 2.45) is 0 Å². The van der Waals surface area contributed by atoms with E-state index in [0.29, 0.717) is 16.8 Å². The average molecular weight is 650 g/mol. The van der Waals surface area contributed by atoms with Crippen LogP contribution in [0.3, 0.4) is 0 Å². The molecule has 5 heteroatoms. The van der Waals surface area contributed by atoms with Gasteiger partial charge in [-0.15, -0.1) is 0 Å². The van der Waals surface area contributed by atoms with E-state index < -0.39 is 5.41 Å². The summed E-state index contributed by atoms with van der Waals surface area (Å²) in [5.41, 5.74) is 11.5. The molecule has 0 unspecified atom stereocenters. The zero-order valence-corrected chi connectivity index (χ0v) is 27.3. The van der Waals surface area contributed by atoms with Gasteiger partial charge in [0, 0.05) is 16.8 Å². The molecule has 0 radical (unpaired) electrons. The van der Waals surface area contributed by atoms with Gasteiger partial charge in [-0.05, 0) is 100 Å². The highest BCUT2D eigenvalue weighted by molar-refractivity contribution is 6.10. The minimum atomic E-state index is -0.739. The van der Waals surface area contributed by atoms with Crippen molar-refractivity contribution in [2.75, 3.05) is 4.90 Å². The summed E-state index contributed by atoms with van der Waals surface area (Å²) < 4.78 is 2.28. The molecule has 0 N–H and O–H groups in total. The summed E-state index contributed by atoms with van der Waals surface area (Å²) in [6.45, 7) is 7.62. The third-order valence-electron chi connectivity index (χ3n) is 10.1. The van der Waals surface area contributed by atoms with Gasteiger partial charge in [0.1, 0.15) is 0 Å². The fourth-order valence-electron chi connectivity index (χ4n) is 7.98. The van der Waals surface area contributed by atoms with Crippen molar-refractivity contribution in [3.8, 4) is 17.8 Å². The summed E-state index contributed by atoms with van der Waals surface area (Å²) in [4.78, 5) is 6.04. The topological polar surface area (TPSA) is 60.1 Å². The Kier molecular flexibility index (Phi) is 6.78. The second-order valence-electron chi connectivity index (χ2n) is 12.7. The molecule has 7 aromatic carbocycles. The number of aromatic nitrogens is 1. The van der Waals surface area contributed by atoms with Crippen LogP contribution < -0.4 is 4.90 Å². The highest BCUT2D eigenvalue weighted by atomic mass is 15.2. The predicted octanol–water partition coefficient (Wildman–Crippen LogP) is 11.2. The van der Waals surface area contributed by atoms with Gasteiger partial charge in [-0.25, -0.2) is 4.85 Å². The standard InChI is InChI=1S/C46H27N5/c1-49-35-25-26-43-39(27-35)38-11-2-5-14-42(38)50(43)36-9-8-10-37(28-36)51-44-15-6-3-12-40(44)46(41-13-4-7-16-45(41)51,33-21-17-31(29-47)18-22-33)34-23-19-32(30-48)20-24-34/h2-28H. The molecule has 9 rings (SSSR count). The van der Waals surface area contributed by atoms with E-state index >= 15 is 0 Å². The summed E-state index contributed by atoms with van der Waals surface area (Å²) >= 11 is 0. The maximum Gasteiger partial charge on any atom is 0.188 e. The van der Waals surface area contributed by atoms with Crippen molar-refractivity contribution >= 4 is 44.6 Å². The molecule has 0 atom stereocenters. The Morgan fingerprint density at radius 2 is 1.06 bits per heavy atom. The van der Waals surface area contributed by atoms with E-state index in [1.165, 1.54) is 0 Å². The van der Waals surface area contributed by atoms with Crippen LogP contribution in [0.15, 0.2) is 164 Å². The minimum Gasteiger partial charge on any atom is -0.310 e. The molecule has 1 aliphatic rings. The number of nitrogens with zero attached hydrogens (tertiary/aromatic N) is 5. The summed E-state index contributed by atoms with van der Waals surface area (Å²) in [5.74, 6) is 0. The number of rotatable bonds is 4. The van der Waals surface area contributed by atoms with Gasteiger partial charge >= 0.3 is 0 Å². The summed E-state index contributed by atoms with van der Waals surface area (Å²) in [7, 11) is 0. The Morgan fingerprint density at radius 1 is 0.510 bits per heavy atom. The van der Waals surface area contributed by atoms with Crippen LogP contribution in [0.1, 0.15) is 33.4 Å². The molecule has 236 valence electrons. The lowest BCUT2D eigenvalue weighted by molar-refractivity contribution is 0.731. The molecule has 0 saturated carbocycles. The molecule has 0 spiro atoms. The molecule has 0 amide bonds. The molecule has 8 aromatic rings. The smallest absolute Gasteiger partial charge is 0.188 e. The van der Waals surface area contributed by atoms with Gasteiger partial charge in [-0.3, -0.25) is 0 Å². The van der Waals surface area contributed by atoms with Gasteiger partial charge in [0.05, 0.1) is 57.7 Å². The first-order valence-corrected chi connectivity index (χ1v) is 16.7. The number of hydrogen-bond donors (Lipinski definition) is 0. The van der Waals surface area contributed by atoms with Crippen LogP contribution in [-0.2, 0) is 5.41 Å². The Balaban J connectivity index is 1.31. The molecule has 2 heterocycles. The Hall–Kier alpha value is -7.39. The van der Waals surface area contributed by atoms with Crippen LogP contribution in [0.25, 0.3) is 32.3 Å². The highest BCUT2D eigenvalue weighted by Gasteiger charge is 2.46. The fourth-order valence-corrected chi connectivity index (χ4v) is 7.98. The van der Waals surface area contributed by atoms with Crippen LogP contribution >= 0.6 is 0 Å². The first kappa shape index (κ1) is 29.7. The van der Waals surface area contributed by atoms with Crippen molar-refractivity contribution in [1.29, 1.82) is 10.5 Å². The normalized spacial score (nSPS) is 12.8. The summed E-state index contributed by atoms with van der Waals surface area (Å²) in [6, 6.07) is 60.3. The van der Waals surface area contributed by atoms with E-state index in [-0.39, 0.29) is 0 Å². The van der Waals surface area contributed by atoms with Crippen molar-refractivity contribution in [3.63, 3.8) is 0 Å². The quantitative estimate of drug-likeness (QED) is 0.178. The van der Waals surface area contributed by atoms with Gasteiger partial charge in [0.25, 0.3) is 0 Å². The van der Waals surface area contributed by atoms with Crippen LogP contribution in [0.4, 0.5) is 22.7 Å². The summed E-state index contributed by atoms with van der Waals surface area (Å²) in [6.07, 6.45) is 0. The number of fused-ring (bicyclic) bond motifs is 5. The van der Waals surface area contributed by atoms with E-state index in [1.54, 1.807) is 0 Å². The number of para-hydroxylation sites is 3. The Bertz CT molecular complexity index is 2680. The third-order valence-corrected chi connectivity index (χ3v) is 10.1. The maximum absolute atomic E-state index is 9.68. The molecule has 1 aromatic heterocycles. The second-order valence-corrected chi connectivity index (χ2v) is 12.7. The molecule has 0 bridgehead atoms. The van der Waals surface area contributed by atoms with Crippen LogP contribution in [0, 0.1) is 29.2 Å². The second kappa shape index (κ2) is 11.6. The van der Waals surface area contributed by atoms with Crippen LogP contribution in [0.5, 0.6) is 0 Å². The zero-order valence-electron chi connectivity index (χ0n) is 27.3. The fraction of sp³-hybridized carbons (Fsp3) is 0.0217. The number of nitriles is 2. The van der Waals surface area contributed by atoms with Gasteiger partial charge < -0.3 is 9.47 Å². The maximum atomic E-state index is 9.68. The number of hydrogen-bond acceptors (Lipinski definition) is 3. The SMILES string of the molecule is [C-]#[N+]c1ccc2c(c1)c1ccccc1n2-c1cccc(N2c3ccccc3C(c3ccc(C#N)cc3)(c3ccc(C#N)cc3)c3ccccc32)c1. The van der Waals surface area contributed by atoms with E-state index in [0.717, 1.165) is 66.8 Å². The monoisotopic (exact) mass is 649 g/mol. The van der Waals surface area contributed by atoms with E-state index in [1.807, 2.05) is 48.5 Å². The lowest BCUT2D eigenvalue weighted by Gasteiger charge is -2.46. The van der Waals surface area contributed by atoms with Crippen molar-refractivity contribution < 1.29 is 0 Å². The Morgan fingerprint density at radius 3 is 1.67 bits per heavy atom.